The second kappa shape index (κ2) is 3.59. The number of benzene rings is 1. The zero-order valence-corrected chi connectivity index (χ0v) is 7.73. The van der Waals surface area contributed by atoms with Crippen molar-refractivity contribution in [2.45, 2.75) is 0 Å². The first-order chi connectivity index (χ1) is 6.79. The highest BCUT2D eigenvalue weighted by molar-refractivity contribution is 6.30. The third-order valence-corrected chi connectivity index (χ3v) is 1.86. The van der Waals surface area contributed by atoms with Crippen molar-refractivity contribution in [3.63, 3.8) is 0 Å². The fraction of sp³-hybridized carbons (Fsp3) is 0. The van der Waals surface area contributed by atoms with Gasteiger partial charge >= 0.3 is 0 Å². The summed E-state index contributed by atoms with van der Waals surface area (Å²) in [7, 11) is 0. The van der Waals surface area contributed by atoms with E-state index < -0.39 is 0 Å². The first-order valence-electron chi connectivity index (χ1n) is 3.84. The van der Waals surface area contributed by atoms with E-state index in [1.807, 2.05) is 0 Å². The molecule has 1 aromatic carbocycles. The molecule has 70 valence electrons. The zero-order chi connectivity index (χ0) is 9.97. The van der Waals surface area contributed by atoms with Gasteiger partial charge in [0.1, 0.15) is 0 Å². The summed E-state index contributed by atoms with van der Waals surface area (Å²) in [4.78, 5) is 14.1. The first kappa shape index (κ1) is 8.90. The van der Waals surface area contributed by atoms with Gasteiger partial charge in [0.2, 0.25) is 12.1 Å². The number of aldehydes is 1. The van der Waals surface area contributed by atoms with E-state index in [4.69, 9.17) is 11.6 Å². The van der Waals surface area contributed by atoms with Gasteiger partial charge in [0.25, 0.3) is 5.89 Å². The van der Waals surface area contributed by atoms with E-state index in [1.54, 1.807) is 24.3 Å². The van der Waals surface area contributed by atoms with Crippen molar-refractivity contribution >= 4 is 17.9 Å². The predicted octanol–water partition coefficient (Wildman–Crippen LogP) is 2.20. The molecular formula is C9H5ClN2O2. The molecule has 2 aromatic rings. The van der Waals surface area contributed by atoms with Crippen LogP contribution in [0.2, 0.25) is 5.02 Å². The molecule has 0 aliphatic carbocycles. The Bertz CT molecular complexity index is 467. The number of hydrogen-bond acceptors (Lipinski definition) is 4. The molecule has 0 atom stereocenters. The minimum absolute atomic E-state index is 0.0417. The molecule has 5 heteroatoms. The summed E-state index contributed by atoms with van der Waals surface area (Å²) in [6.07, 6.45) is 0.501. The lowest BCUT2D eigenvalue weighted by molar-refractivity contribution is 0.108. The number of halogens is 1. The highest BCUT2D eigenvalue weighted by atomic mass is 35.5. The van der Waals surface area contributed by atoms with Gasteiger partial charge in [-0.15, -0.1) is 0 Å². The quantitative estimate of drug-likeness (QED) is 0.710. The van der Waals surface area contributed by atoms with Crippen LogP contribution in [-0.2, 0) is 0 Å². The Morgan fingerprint density at radius 3 is 2.93 bits per heavy atom. The van der Waals surface area contributed by atoms with Crippen LogP contribution in [-0.4, -0.2) is 16.4 Å². The summed E-state index contributed by atoms with van der Waals surface area (Å²) in [6.45, 7) is 0. The van der Waals surface area contributed by atoms with E-state index >= 15 is 0 Å². The fourth-order valence-electron chi connectivity index (χ4n) is 1.03. The molecule has 2 rings (SSSR count). The SMILES string of the molecule is O=Cc1nc(-c2cccc(Cl)c2)no1. The topological polar surface area (TPSA) is 56.0 Å². The van der Waals surface area contributed by atoms with Gasteiger partial charge in [-0.25, -0.2) is 0 Å². The lowest BCUT2D eigenvalue weighted by Crippen LogP contribution is -1.81. The van der Waals surface area contributed by atoms with Crippen LogP contribution in [0.25, 0.3) is 11.4 Å². The lowest BCUT2D eigenvalue weighted by Gasteiger charge is -1.93. The van der Waals surface area contributed by atoms with Crippen LogP contribution in [0.4, 0.5) is 0 Å². The summed E-state index contributed by atoms with van der Waals surface area (Å²) in [6, 6.07) is 6.99. The molecule has 14 heavy (non-hydrogen) atoms. The lowest BCUT2D eigenvalue weighted by atomic mass is 10.2. The van der Waals surface area contributed by atoms with Crippen molar-refractivity contribution in [3.05, 3.63) is 35.2 Å². The molecule has 0 aliphatic heterocycles. The normalized spacial score (nSPS) is 10.1. The van der Waals surface area contributed by atoms with Crippen LogP contribution in [0.3, 0.4) is 0 Å². The molecule has 0 spiro atoms. The minimum atomic E-state index is -0.0417. The number of carbonyl (C=O) groups is 1. The summed E-state index contributed by atoms with van der Waals surface area (Å²) in [5.74, 6) is 0.314. The molecule has 1 heterocycles. The Hall–Kier alpha value is -1.68. The summed E-state index contributed by atoms with van der Waals surface area (Å²) in [5, 5.41) is 4.21. The van der Waals surface area contributed by atoms with E-state index in [1.165, 1.54) is 0 Å². The van der Waals surface area contributed by atoms with Crippen LogP contribution >= 0.6 is 11.6 Å². The Morgan fingerprint density at radius 2 is 2.29 bits per heavy atom. The van der Waals surface area contributed by atoms with Gasteiger partial charge in [-0.2, -0.15) is 4.98 Å². The number of hydrogen-bond donors (Lipinski definition) is 0. The smallest absolute Gasteiger partial charge is 0.291 e. The maximum atomic E-state index is 10.3. The average molecular weight is 209 g/mol. The Kier molecular flexibility index (Phi) is 2.28. The molecule has 0 aliphatic rings. The highest BCUT2D eigenvalue weighted by Gasteiger charge is 2.07. The summed E-state index contributed by atoms with van der Waals surface area (Å²) < 4.78 is 4.64. The Morgan fingerprint density at radius 1 is 1.43 bits per heavy atom. The Balaban J connectivity index is 2.43. The van der Waals surface area contributed by atoms with Crippen LogP contribution in [0.1, 0.15) is 10.7 Å². The average Bonchev–Trinajstić information content (AvgIpc) is 2.66. The third-order valence-electron chi connectivity index (χ3n) is 1.63. The molecule has 0 radical (unpaired) electrons. The molecule has 0 bridgehead atoms. The maximum Gasteiger partial charge on any atom is 0.291 e. The summed E-state index contributed by atoms with van der Waals surface area (Å²) in [5.41, 5.74) is 0.717. The largest absolute Gasteiger partial charge is 0.331 e. The second-order valence-electron chi connectivity index (χ2n) is 2.58. The first-order valence-corrected chi connectivity index (χ1v) is 4.22. The van der Waals surface area contributed by atoms with Crippen LogP contribution in [0.15, 0.2) is 28.8 Å². The van der Waals surface area contributed by atoms with Gasteiger partial charge in [-0.1, -0.05) is 28.9 Å². The van der Waals surface area contributed by atoms with Crippen molar-refractivity contribution in [1.29, 1.82) is 0 Å². The standard InChI is InChI=1S/C9H5ClN2O2/c10-7-3-1-2-6(4-7)9-11-8(5-13)14-12-9/h1-5H. The molecular weight excluding hydrogens is 204 g/mol. The van der Waals surface area contributed by atoms with E-state index in [2.05, 4.69) is 14.7 Å². The number of aromatic nitrogens is 2. The van der Waals surface area contributed by atoms with Gasteiger partial charge in [0, 0.05) is 10.6 Å². The van der Waals surface area contributed by atoms with E-state index in [0.29, 0.717) is 22.7 Å². The molecule has 0 unspecified atom stereocenters. The molecule has 4 nitrogen and oxygen atoms in total. The number of carbonyl (C=O) groups excluding carboxylic acids is 1. The molecule has 0 saturated carbocycles. The third kappa shape index (κ3) is 1.65. The van der Waals surface area contributed by atoms with Crippen molar-refractivity contribution in [2.24, 2.45) is 0 Å². The highest BCUT2D eigenvalue weighted by Crippen LogP contribution is 2.19. The molecule has 0 saturated heterocycles. The summed E-state index contributed by atoms with van der Waals surface area (Å²) >= 11 is 5.78. The van der Waals surface area contributed by atoms with Crippen LogP contribution in [0, 0.1) is 0 Å². The predicted molar refractivity (Wildman–Crippen MR) is 50.1 cm³/mol. The van der Waals surface area contributed by atoms with Gasteiger partial charge in [0.15, 0.2) is 0 Å². The molecule has 0 N–H and O–H groups in total. The fourth-order valence-corrected chi connectivity index (χ4v) is 1.22. The van der Waals surface area contributed by atoms with Crippen molar-refractivity contribution < 1.29 is 9.32 Å². The van der Waals surface area contributed by atoms with Crippen molar-refractivity contribution in [3.8, 4) is 11.4 Å². The van der Waals surface area contributed by atoms with E-state index in [9.17, 15) is 4.79 Å². The van der Waals surface area contributed by atoms with E-state index in [0.717, 1.165) is 0 Å². The monoisotopic (exact) mass is 208 g/mol. The zero-order valence-electron chi connectivity index (χ0n) is 6.98. The second-order valence-corrected chi connectivity index (χ2v) is 3.02. The minimum Gasteiger partial charge on any atom is -0.331 e. The van der Waals surface area contributed by atoms with Crippen LogP contribution < -0.4 is 0 Å². The number of rotatable bonds is 2. The number of nitrogens with zero attached hydrogens (tertiary/aromatic N) is 2. The van der Waals surface area contributed by atoms with Crippen molar-refractivity contribution in [2.75, 3.05) is 0 Å². The molecule has 1 aromatic heterocycles. The van der Waals surface area contributed by atoms with Gasteiger partial charge in [0.05, 0.1) is 0 Å². The molecule has 0 fully saturated rings. The Labute approximate surface area is 84.5 Å². The van der Waals surface area contributed by atoms with Crippen LogP contribution in [0.5, 0.6) is 0 Å². The van der Waals surface area contributed by atoms with Gasteiger partial charge in [-0.3, -0.25) is 4.79 Å². The van der Waals surface area contributed by atoms with Gasteiger partial charge < -0.3 is 4.52 Å². The van der Waals surface area contributed by atoms with Gasteiger partial charge in [-0.05, 0) is 12.1 Å². The maximum absolute atomic E-state index is 10.3. The molecule has 0 amide bonds. The van der Waals surface area contributed by atoms with E-state index in [-0.39, 0.29) is 5.89 Å². The van der Waals surface area contributed by atoms with Crippen molar-refractivity contribution in [1.82, 2.24) is 10.1 Å².